The van der Waals surface area contributed by atoms with Crippen molar-refractivity contribution in [2.24, 2.45) is 5.92 Å². The van der Waals surface area contributed by atoms with Gasteiger partial charge in [-0.15, -0.1) is 0 Å². The summed E-state index contributed by atoms with van der Waals surface area (Å²) < 4.78 is 11.4. The molecule has 0 bridgehead atoms. The molecular weight excluding hydrogens is 388 g/mol. The molecule has 1 atom stereocenters. The lowest BCUT2D eigenvalue weighted by molar-refractivity contribution is -0.124. The maximum absolute atomic E-state index is 12.5. The Hall–Kier alpha value is -2.95. The van der Waals surface area contributed by atoms with Crippen LogP contribution in [-0.4, -0.2) is 31.8 Å². The van der Waals surface area contributed by atoms with E-state index >= 15 is 0 Å². The van der Waals surface area contributed by atoms with E-state index in [1.54, 1.807) is 7.11 Å². The Labute approximate surface area is 185 Å². The van der Waals surface area contributed by atoms with Crippen molar-refractivity contribution in [2.45, 2.75) is 45.2 Å². The molecule has 2 aliphatic rings. The van der Waals surface area contributed by atoms with Gasteiger partial charge in [-0.1, -0.05) is 58.0 Å². The van der Waals surface area contributed by atoms with Gasteiger partial charge in [-0.25, -0.2) is 0 Å². The number of carbonyl (C=O) groups excluding carboxylic acids is 1. The number of hydrogen-bond acceptors (Lipinski definition) is 4. The van der Waals surface area contributed by atoms with Crippen LogP contribution in [0.25, 0.3) is 6.08 Å². The molecule has 0 radical (unpaired) electrons. The van der Waals surface area contributed by atoms with E-state index in [1.807, 2.05) is 18.2 Å². The van der Waals surface area contributed by atoms with E-state index in [0.29, 0.717) is 31.2 Å². The number of hydrogen-bond donors (Lipinski definition) is 1. The van der Waals surface area contributed by atoms with Gasteiger partial charge in [-0.05, 0) is 41.3 Å². The van der Waals surface area contributed by atoms with Crippen LogP contribution in [0.15, 0.2) is 48.5 Å². The zero-order valence-electron chi connectivity index (χ0n) is 19.1. The number of rotatable bonds is 6. The molecule has 164 valence electrons. The lowest BCUT2D eigenvalue weighted by atomic mass is 9.74. The topological polar surface area (TPSA) is 50.8 Å². The molecule has 2 aromatic rings. The van der Waals surface area contributed by atoms with Crippen molar-refractivity contribution in [1.29, 1.82) is 0 Å². The van der Waals surface area contributed by atoms with Gasteiger partial charge in [0, 0.05) is 24.1 Å². The highest BCUT2D eigenvalue weighted by atomic mass is 16.5. The summed E-state index contributed by atoms with van der Waals surface area (Å²) in [4.78, 5) is 14.9. The maximum Gasteiger partial charge on any atom is 0.223 e. The zero-order chi connectivity index (χ0) is 22.2. The minimum atomic E-state index is -0.619. The predicted octanol–water partition coefficient (Wildman–Crippen LogP) is 4.76. The number of nitrogens with one attached hydrogen (secondary N) is 1. The average molecular weight is 421 g/mol. The number of anilines is 1. The minimum absolute atomic E-state index is 0.0804. The van der Waals surface area contributed by atoms with E-state index in [-0.39, 0.29) is 11.3 Å². The third-order valence-corrected chi connectivity index (χ3v) is 6.42. The maximum atomic E-state index is 12.5. The van der Waals surface area contributed by atoms with Gasteiger partial charge < -0.3 is 19.7 Å². The van der Waals surface area contributed by atoms with Gasteiger partial charge in [0.1, 0.15) is 5.66 Å². The van der Waals surface area contributed by atoms with Crippen LogP contribution < -0.4 is 19.7 Å². The van der Waals surface area contributed by atoms with Crippen LogP contribution in [-0.2, 0) is 10.2 Å². The molecule has 31 heavy (non-hydrogen) atoms. The summed E-state index contributed by atoms with van der Waals surface area (Å²) in [5.41, 5.74) is 2.52. The van der Waals surface area contributed by atoms with Crippen molar-refractivity contribution >= 4 is 17.7 Å². The second kappa shape index (κ2) is 7.95. The average Bonchev–Trinajstić information content (AvgIpc) is 2.95. The third-order valence-electron chi connectivity index (χ3n) is 6.42. The molecule has 0 unspecified atom stereocenters. The number of amides is 1. The summed E-state index contributed by atoms with van der Waals surface area (Å²) in [5, 5.41) is 3.32. The van der Waals surface area contributed by atoms with Crippen molar-refractivity contribution in [3.8, 4) is 11.5 Å². The molecular formula is C26H32N2O3. The van der Waals surface area contributed by atoms with E-state index in [2.05, 4.69) is 74.3 Å². The molecule has 1 amide bonds. The Morgan fingerprint density at radius 2 is 1.94 bits per heavy atom. The molecule has 1 fully saturated rings. The summed E-state index contributed by atoms with van der Waals surface area (Å²) in [7, 11) is 1.66. The summed E-state index contributed by atoms with van der Waals surface area (Å²) in [6, 6.07) is 14.4. The van der Waals surface area contributed by atoms with Crippen molar-refractivity contribution < 1.29 is 14.3 Å². The highest BCUT2D eigenvalue weighted by molar-refractivity contribution is 5.84. The zero-order valence-corrected chi connectivity index (χ0v) is 19.1. The van der Waals surface area contributed by atoms with Crippen LogP contribution in [0, 0.1) is 5.92 Å². The van der Waals surface area contributed by atoms with Gasteiger partial charge in [-0.3, -0.25) is 4.79 Å². The molecule has 5 nitrogen and oxygen atoms in total. The van der Waals surface area contributed by atoms with Crippen LogP contribution >= 0.6 is 0 Å². The molecule has 0 aliphatic carbocycles. The first-order chi connectivity index (χ1) is 14.8. The van der Waals surface area contributed by atoms with E-state index in [4.69, 9.17) is 9.47 Å². The number of para-hydroxylation sites is 1. The SMILES string of the molecule is COc1cc(C=C[C@@]23NC(=O)CCN2c2ccccc2C3(C)C)ccc1OCC(C)C. The lowest BCUT2D eigenvalue weighted by Crippen LogP contribution is -2.68. The molecule has 1 saturated heterocycles. The monoisotopic (exact) mass is 420 g/mol. The molecule has 1 N–H and O–H groups in total. The third kappa shape index (κ3) is 3.56. The van der Waals surface area contributed by atoms with E-state index < -0.39 is 5.66 Å². The number of fused-ring (bicyclic) bond motifs is 3. The van der Waals surface area contributed by atoms with E-state index in [1.165, 1.54) is 11.3 Å². The molecule has 4 rings (SSSR count). The first kappa shape index (κ1) is 21.3. The molecule has 0 spiro atoms. The Bertz CT molecular complexity index is 1010. The number of benzene rings is 2. The van der Waals surface area contributed by atoms with Gasteiger partial charge in [0.25, 0.3) is 0 Å². The second-order valence-corrected chi connectivity index (χ2v) is 9.31. The molecule has 5 heteroatoms. The number of methoxy groups -OCH3 is 1. The fourth-order valence-corrected chi connectivity index (χ4v) is 4.70. The van der Waals surface area contributed by atoms with Crippen LogP contribution in [0.1, 0.15) is 45.2 Å². The van der Waals surface area contributed by atoms with Crippen molar-refractivity contribution in [2.75, 3.05) is 25.2 Å². The normalized spacial score (nSPS) is 21.7. The fourth-order valence-electron chi connectivity index (χ4n) is 4.70. The molecule has 2 heterocycles. The smallest absolute Gasteiger partial charge is 0.223 e. The van der Waals surface area contributed by atoms with Crippen LogP contribution in [0.2, 0.25) is 0 Å². The molecule has 2 aromatic carbocycles. The first-order valence-electron chi connectivity index (χ1n) is 11.0. The summed E-state index contributed by atoms with van der Waals surface area (Å²) in [6.45, 7) is 9.98. The van der Waals surface area contributed by atoms with Gasteiger partial charge in [0.05, 0.1) is 13.7 Å². The summed E-state index contributed by atoms with van der Waals surface area (Å²) >= 11 is 0. The van der Waals surface area contributed by atoms with Crippen LogP contribution in [0.5, 0.6) is 11.5 Å². The standard InChI is InChI=1S/C26H32N2O3/c1-18(2)17-31-22-11-10-19(16-23(22)30-5)12-14-26-25(3,4)20-8-6-7-9-21(20)28(26)15-13-24(29)27-26/h6-12,14,16,18H,13,15,17H2,1-5H3,(H,27,29)/t26-/m1/s1. The molecule has 2 aliphatic heterocycles. The van der Waals surface area contributed by atoms with Crippen LogP contribution in [0.4, 0.5) is 5.69 Å². The quantitative estimate of drug-likeness (QED) is 0.732. The lowest BCUT2D eigenvalue weighted by Gasteiger charge is -2.49. The van der Waals surface area contributed by atoms with Gasteiger partial charge >= 0.3 is 0 Å². The van der Waals surface area contributed by atoms with Crippen molar-refractivity contribution in [3.63, 3.8) is 0 Å². The summed E-state index contributed by atoms with van der Waals surface area (Å²) in [6.07, 6.45) is 4.70. The van der Waals surface area contributed by atoms with Crippen molar-refractivity contribution in [1.82, 2.24) is 5.32 Å². The van der Waals surface area contributed by atoms with Gasteiger partial charge in [-0.2, -0.15) is 0 Å². The first-order valence-corrected chi connectivity index (χ1v) is 11.0. The Balaban J connectivity index is 1.70. The van der Waals surface area contributed by atoms with Gasteiger partial charge in [0.2, 0.25) is 5.91 Å². The Morgan fingerprint density at radius 1 is 1.16 bits per heavy atom. The Kier molecular flexibility index (Phi) is 5.46. The predicted molar refractivity (Wildman–Crippen MR) is 125 cm³/mol. The number of ether oxygens (including phenoxy) is 2. The van der Waals surface area contributed by atoms with Gasteiger partial charge in [0.15, 0.2) is 11.5 Å². The fraction of sp³-hybridized carbons (Fsp3) is 0.423. The summed E-state index contributed by atoms with van der Waals surface area (Å²) in [5.74, 6) is 1.97. The van der Waals surface area contributed by atoms with Crippen LogP contribution in [0.3, 0.4) is 0 Å². The number of nitrogens with zero attached hydrogens (tertiary/aromatic N) is 1. The van der Waals surface area contributed by atoms with Crippen molar-refractivity contribution in [3.05, 3.63) is 59.7 Å². The molecule has 0 aromatic heterocycles. The molecule has 0 saturated carbocycles. The van der Waals surface area contributed by atoms with E-state index in [0.717, 1.165) is 11.3 Å². The minimum Gasteiger partial charge on any atom is -0.493 e. The Morgan fingerprint density at radius 3 is 2.68 bits per heavy atom. The largest absolute Gasteiger partial charge is 0.493 e. The number of carbonyl (C=O) groups is 1. The second-order valence-electron chi connectivity index (χ2n) is 9.31. The van der Waals surface area contributed by atoms with E-state index in [9.17, 15) is 4.79 Å². The highest BCUT2D eigenvalue weighted by Crippen LogP contribution is 2.52. The highest BCUT2D eigenvalue weighted by Gasteiger charge is 2.57.